The van der Waals surface area contributed by atoms with Gasteiger partial charge in [0.05, 0.1) is 0 Å². The first-order valence-electron chi connectivity index (χ1n) is 8.08. The van der Waals surface area contributed by atoms with Crippen LogP contribution in [0, 0.1) is 5.92 Å². The van der Waals surface area contributed by atoms with Crippen molar-refractivity contribution in [1.29, 1.82) is 0 Å². The number of fused-ring (bicyclic) bond motifs is 1. The van der Waals surface area contributed by atoms with Crippen molar-refractivity contribution in [2.24, 2.45) is 5.92 Å². The first-order chi connectivity index (χ1) is 11.3. The summed E-state index contributed by atoms with van der Waals surface area (Å²) in [6.07, 6.45) is 3.50. The van der Waals surface area contributed by atoms with Gasteiger partial charge in [0.2, 0.25) is 0 Å². The van der Waals surface area contributed by atoms with Crippen LogP contribution in [0.5, 0.6) is 11.5 Å². The second-order valence-electron chi connectivity index (χ2n) is 6.12. The molecule has 0 aromatic heterocycles. The van der Waals surface area contributed by atoms with Gasteiger partial charge in [0.25, 0.3) is 5.91 Å². The molecule has 1 N–H and O–H groups in total. The van der Waals surface area contributed by atoms with Crippen LogP contribution in [0.1, 0.15) is 28.8 Å². The van der Waals surface area contributed by atoms with Gasteiger partial charge in [-0.3, -0.25) is 4.79 Å². The zero-order chi connectivity index (χ0) is 15.6. The first-order valence-corrected chi connectivity index (χ1v) is 8.08. The molecule has 23 heavy (non-hydrogen) atoms. The van der Waals surface area contributed by atoms with E-state index in [1.165, 1.54) is 12.8 Å². The molecule has 0 unspecified atom stereocenters. The summed E-state index contributed by atoms with van der Waals surface area (Å²) in [4.78, 5) is 12.5. The number of carbonyl (C=O) groups excluding carboxylic acids is 1. The van der Waals surface area contributed by atoms with E-state index in [2.05, 4.69) is 5.32 Å². The summed E-state index contributed by atoms with van der Waals surface area (Å²) in [5.41, 5.74) is 2.61. The molecule has 1 saturated carbocycles. The number of benzene rings is 2. The van der Waals surface area contributed by atoms with Crippen LogP contribution >= 0.6 is 0 Å². The molecule has 1 aliphatic carbocycles. The van der Waals surface area contributed by atoms with Crippen LogP contribution in [-0.2, 0) is 6.42 Å². The van der Waals surface area contributed by atoms with Gasteiger partial charge < -0.3 is 14.8 Å². The van der Waals surface area contributed by atoms with E-state index in [1.54, 1.807) is 0 Å². The minimum atomic E-state index is -0.0978. The topological polar surface area (TPSA) is 47.6 Å². The number of anilines is 1. The van der Waals surface area contributed by atoms with Gasteiger partial charge in [-0.25, -0.2) is 0 Å². The quantitative estimate of drug-likeness (QED) is 0.937. The Hall–Kier alpha value is -2.49. The second-order valence-corrected chi connectivity index (χ2v) is 6.12. The Balaban J connectivity index is 1.63. The summed E-state index contributed by atoms with van der Waals surface area (Å²) in [5.74, 6) is 2.12. The number of hydrogen-bond acceptors (Lipinski definition) is 3. The highest BCUT2D eigenvalue weighted by atomic mass is 16.6. The third-order valence-corrected chi connectivity index (χ3v) is 4.26. The van der Waals surface area contributed by atoms with Crippen molar-refractivity contribution in [3.05, 3.63) is 53.6 Å². The predicted octanol–water partition coefficient (Wildman–Crippen LogP) is 3.66. The molecule has 2 aliphatic rings. The van der Waals surface area contributed by atoms with E-state index >= 15 is 0 Å². The van der Waals surface area contributed by atoms with E-state index in [4.69, 9.17) is 9.47 Å². The number of amides is 1. The zero-order valence-electron chi connectivity index (χ0n) is 12.9. The lowest BCUT2D eigenvalue weighted by Gasteiger charge is -2.21. The molecule has 1 fully saturated rings. The zero-order valence-corrected chi connectivity index (χ0v) is 12.9. The van der Waals surface area contributed by atoms with E-state index in [0.717, 1.165) is 29.3 Å². The Bertz CT molecular complexity index is 723. The van der Waals surface area contributed by atoms with Crippen LogP contribution in [0.3, 0.4) is 0 Å². The lowest BCUT2D eigenvalue weighted by atomic mass is 10.0. The fourth-order valence-corrected chi connectivity index (χ4v) is 2.83. The molecular weight excluding hydrogens is 290 g/mol. The van der Waals surface area contributed by atoms with Crippen molar-refractivity contribution < 1.29 is 14.3 Å². The molecular formula is C19H19NO3. The third-order valence-electron chi connectivity index (χ3n) is 4.26. The maximum absolute atomic E-state index is 12.5. The third kappa shape index (κ3) is 3.16. The summed E-state index contributed by atoms with van der Waals surface area (Å²) in [6.45, 7) is 1.12. The molecule has 1 heterocycles. The maximum atomic E-state index is 12.5. The van der Waals surface area contributed by atoms with Crippen molar-refractivity contribution in [2.75, 3.05) is 18.5 Å². The minimum absolute atomic E-state index is 0.0978. The summed E-state index contributed by atoms with van der Waals surface area (Å²) in [6, 6.07) is 13.2. The number of ether oxygens (including phenoxy) is 2. The summed E-state index contributed by atoms with van der Waals surface area (Å²) < 4.78 is 11.3. The van der Waals surface area contributed by atoms with Gasteiger partial charge in [-0.2, -0.15) is 0 Å². The Kier molecular flexibility index (Phi) is 3.66. The average molecular weight is 309 g/mol. The minimum Gasteiger partial charge on any atom is -0.486 e. The highest BCUT2D eigenvalue weighted by molar-refractivity contribution is 6.04. The molecule has 1 aliphatic heterocycles. The molecule has 0 saturated heterocycles. The Morgan fingerprint density at radius 3 is 2.43 bits per heavy atom. The average Bonchev–Trinajstić information content (AvgIpc) is 3.40. The maximum Gasteiger partial charge on any atom is 0.255 e. The smallest absolute Gasteiger partial charge is 0.255 e. The monoisotopic (exact) mass is 309 g/mol. The van der Waals surface area contributed by atoms with E-state index in [0.29, 0.717) is 24.5 Å². The molecule has 1 amide bonds. The van der Waals surface area contributed by atoms with E-state index in [-0.39, 0.29) is 5.91 Å². The Labute approximate surface area is 135 Å². The van der Waals surface area contributed by atoms with Gasteiger partial charge in [-0.1, -0.05) is 18.2 Å². The van der Waals surface area contributed by atoms with E-state index in [1.807, 2.05) is 42.5 Å². The molecule has 0 radical (unpaired) electrons. The van der Waals surface area contributed by atoms with Gasteiger partial charge in [-0.15, -0.1) is 0 Å². The van der Waals surface area contributed by atoms with Gasteiger partial charge in [0.15, 0.2) is 11.5 Å². The summed E-state index contributed by atoms with van der Waals surface area (Å²) in [5, 5.41) is 3.04. The van der Waals surface area contributed by atoms with Crippen molar-refractivity contribution in [3.8, 4) is 11.5 Å². The van der Waals surface area contributed by atoms with Crippen LogP contribution in [-0.4, -0.2) is 19.1 Å². The van der Waals surface area contributed by atoms with Crippen molar-refractivity contribution in [1.82, 2.24) is 0 Å². The van der Waals surface area contributed by atoms with Crippen LogP contribution in [0.4, 0.5) is 5.69 Å². The molecule has 118 valence electrons. The molecule has 0 bridgehead atoms. The largest absolute Gasteiger partial charge is 0.486 e. The van der Waals surface area contributed by atoms with Crippen molar-refractivity contribution >= 4 is 11.6 Å². The molecule has 0 spiro atoms. The fourth-order valence-electron chi connectivity index (χ4n) is 2.83. The van der Waals surface area contributed by atoms with Crippen molar-refractivity contribution in [3.63, 3.8) is 0 Å². The second kappa shape index (κ2) is 5.95. The molecule has 0 atom stereocenters. The first kappa shape index (κ1) is 14.1. The summed E-state index contributed by atoms with van der Waals surface area (Å²) >= 11 is 0. The SMILES string of the molecule is O=C(Nc1cc2c(cc1CC1CC1)OCCO2)c1ccccc1. The fraction of sp³-hybridized carbons (Fsp3) is 0.316. The molecule has 4 rings (SSSR count). The van der Waals surface area contributed by atoms with Crippen LogP contribution < -0.4 is 14.8 Å². The van der Waals surface area contributed by atoms with Crippen LogP contribution in [0.25, 0.3) is 0 Å². The molecule has 4 heteroatoms. The number of rotatable bonds is 4. The highest BCUT2D eigenvalue weighted by Crippen LogP contribution is 2.40. The van der Waals surface area contributed by atoms with Crippen LogP contribution in [0.15, 0.2) is 42.5 Å². The highest BCUT2D eigenvalue weighted by Gasteiger charge is 2.25. The Morgan fingerprint density at radius 2 is 1.74 bits per heavy atom. The lowest BCUT2D eigenvalue weighted by Crippen LogP contribution is -2.18. The normalized spacial score (nSPS) is 16.0. The van der Waals surface area contributed by atoms with Gasteiger partial charge in [-0.05, 0) is 48.9 Å². The number of nitrogens with one attached hydrogen (secondary N) is 1. The van der Waals surface area contributed by atoms with Gasteiger partial charge in [0.1, 0.15) is 13.2 Å². The van der Waals surface area contributed by atoms with Gasteiger partial charge in [0, 0.05) is 17.3 Å². The molecule has 4 nitrogen and oxygen atoms in total. The number of carbonyl (C=O) groups is 1. The molecule has 2 aromatic carbocycles. The molecule has 2 aromatic rings. The standard InChI is InChI=1S/C19H19NO3/c21-19(14-4-2-1-3-5-14)20-16-12-18-17(22-8-9-23-18)11-15(16)10-13-6-7-13/h1-5,11-13H,6-10H2,(H,20,21). The van der Waals surface area contributed by atoms with Gasteiger partial charge >= 0.3 is 0 Å². The van der Waals surface area contributed by atoms with E-state index in [9.17, 15) is 4.79 Å². The lowest BCUT2D eigenvalue weighted by molar-refractivity contribution is 0.102. The van der Waals surface area contributed by atoms with Crippen LogP contribution in [0.2, 0.25) is 0 Å². The number of hydrogen-bond donors (Lipinski definition) is 1. The van der Waals surface area contributed by atoms with E-state index < -0.39 is 0 Å². The van der Waals surface area contributed by atoms with Crippen molar-refractivity contribution in [2.45, 2.75) is 19.3 Å². The summed E-state index contributed by atoms with van der Waals surface area (Å²) in [7, 11) is 0. The predicted molar refractivity (Wildman–Crippen MR) is 88.3 cm³/mol. The Morgan fingerprint density at radius 1 is 1.04 bits per heavy atom.